The van der Waals surface area contributed by atoms with Crippen LogP contribution in [0.25, 0.3) is 0 Å². The van der Waals surface area contributed by atoms with E-state index >= 15 is 0 Å². The summed E-state index contributed by atoms with van der Waals surface area (Å²) in [6.07, 6.45) is -0.129. The van der Waals surface area contributed by atoms with Gasteiger partial charge in [-0.2, -0.15) is 0 Å². The van der Waals surface area contributed by atoms with Crippen LogP contribution >= 0.6 is 22.6 Å². The summed E-state index contributed by atoms with van der Waals surface area (Å²) in [6, 6.07) is 4.84. The summed E-state index contributed by atoms with van der Waals surface area (Å²) in [4.78, 5) is 14.1. The van der Waals surface area contributed by atoms with Gasteiger partial charge in [0.25, 0.3) is 5.91 Å². The standard InChI is InChI=1S/C13H17IN2O3/c1-8(15)12-7-16(4-5-19-12)13(18)9-2-3-10(14)11(17)6-9/h2-3,6,8,12,17H,4-5,7,15H2,1H3. The zero-order valence-electron chi connectivity index (χ0n) is 10.7. The zero-order chi connectivity index (χ0) is 14.0. The van der Waals surface area contributed by atoms with E-state index in [2.05, 4.69) is 0 Å². The Hall–Kier alpha value is -0.860. The van der Waals surface area contributed by atoms with Gasteiger partial charge in [0.15, 0.2) is 0 Å². The van der Waals surface area contributed by atoms with Crippen LogP contribution in [0.5, 0.6) is 5.75 Å². The third kappa shape index (κ3) is 3.37. The number of ether oxygens (including phenoxy) is 1. The van der Waals surface area contributed by atoms with E-state index in [-0.39, 0.29) is 23.8 Å². The van der Waals surface area contributed by atoms with Crippen molar-refractivity contribution in [2.45, 2.75) is 19.1 Å². The average Bonchev–Trinajstić information content (AvgIpc) is 2.41. The van der Waals surface area contributed by atoms with Crippen molar-refractivity contribution in [2.75, 3.05) is 19.7 Å². The Kier molecular flexibility index (Phi) is 4.64. The monoisotopic (exact) mass is 376 g/mol. The number of amides is 1. The van der Waals surface area contributed by atoms with Crippen LogP contribution in [-0.2, 0) is 4.74 Å². The van der Waals surface area contributed by atoms with Crippen molar-refractivity contribution in [3.05, 3.63) is 27.3 Å². The van der Waals surface area contributed by atoms with Gasteiger partial charge in [0.05, 0.1) is 16.3 Å². The number of nitrogens with two attached hydrogens (primary N) is 1. The Bertz CT molecular complexity index is 479. The number of hydrogen-bond acceptors (Lipinski definition) is 4. The topological polar surface area (TPSA) is 75.8 Å². The smallest absolute Gasteiger partial charge is 0.254 e. The molecule has 1 aliphatic heterocycles. The van der Waals surface area contributed by atoms with Crippen molar-refractivity contribution in [3.8, 4) is 5.75 Å². The van der Waals surface area contributed by atoms with Crippen LogP contribution in [0.3, 0.4) is 0 Å². The number of hydrogen-bond donors (Lipinski definition) is 2. The number of aromatic hydroxyl groups is 1. The van der Waals surface area contributed by atoms with Gasteiger partial charge in [-0.05, 0) is 47.7 Å². The first kappa shape index (κ1) is 14.5. The Morgan fingerprint density at radius 2 is 2.37 bits per heavy atom. The molecule has 3 N–H and O–H groups in total. The fourth-order valence-corrected chi connectivity index (χ4v) is 2.34. The van der Waals surface area contributed by atoms with Gasteiger partial charge in [0, 0.05) is 24.7 Å². The second kappa shape index (κ2) is 6.06. The molecule has 0 aliphatic carbocycles. The van der Waals surface area contributed by atoms with Gasteiger partial charge < -0.3 is 20.5 Å². The molecule has 1 saturated heterocycles. The van der Waals surface area contributed by atoms with Crippen molar-refractivity contribution in [1.29, 1.82) is 0 Å². The van der Waals surface area contributed by atoms with Crippen LogP contribution in [0.1, 0.15) is 17.3 Å². The highest BCUT2D eigenvalue weighted by Crippen LogP contribution is 2.22. The molecule has 1 amide bonds. The maximum atomic E-state index is 12.3. The Morgan fingerprint density at radius 3 is 3.00 bits per heavy atom. The lowest BCUT2D eigenvalue weighted by molar-refractivity contribution is -0.0300. The number of nitrogens with zero attached hydrogens (tertiary/aromatic N) is 1. The molecule has 0 bridgehead atoms. The van der Waals surface area contributed by atoms with Gasteiger partial charge in [-0.3, -0.25) is 4.79 Å². The number of benzene rings is 1. The highest BCUT2D eigenvalue weighted by atomic mass is 127. The van der Waals surface area contributed by atoms with Gasteiger partial charge in [0.1, 0.15) is 5.75 Å². The molecule has 0 spiro atoms. The third-order valence-electron chi connectivity index (χ3n) is 3.16. The molecule has 1 aromatic carbocycles. The fourth-order valence-electron chi connectivity index (χ4n) is 2.01. The average molecular weight is 376 g/mol. The molecule has 1 heterocycles. The first-order chi connectivity index (χ1) is 8.99. The number of phenolic OH excluding ortho intramolecular Hbond substituents is 1. The molecule has 0 saturated carbocycles. The second-order valence-electron chi connectivity index (χ2n) is 4.69. The number of rotatable bonds is 2. The maximum Gasteiger partial charge on any atom is 0.254 e. The lowest BCUT2D eigenvalue weighted by Crippen LogP contribution is -2.51. The van der Waals surface area contributed by atoms with Crippen LogP contribution in [0.2, 0.25) is 0 Å². The summed E-state index contributed by atoms with van der Waals surface area (Å²) in [5.74, 6) is 0.0316. The molecule has 1 aromatic rings. The van der Waals surface area contributed by atoms with Gasteiger partial charge in [-0.25, -0.2) is 0 Å². The van der Waals surface area contributed by atoms with Gasteiger partial charge in [-0.1, -0.05) is 0 Å². The largest absolute Gasteiger partial charge is 0.507 e. The minimum atomic E-state index is -0.129. The summed E-state index contributed by atoms with van der Waals surface area (Å²) in [6.45, 7) is 3.40. The van der Waals surface area contributed by atoms with Crippen LogP contribution in [-0.4, -0.2) is 47.8 Å². The Balaban J connectivity index is 2.12. The Labute approximate surface area is 125 Å². The van der Waals surface area contributed by atoms with Crippen molar-refractivity contribution in [2.24, 2.45) is 5.73 Å². The molecule has 6 heteroatoms. The van der Waals surface area contributed by atoms with E-state index in [0.717, 1.165) is 3.57 Å². The van der Waals surface area contributed by atoms with Crippen LogP contribution < -0.4 is 5.73 Å². The highest BCUT2D eigenvalue weighted by Gasteiger charge is 2.27. The van der Waals surface area contributed by atoms with Crippen molar-refractivity contribution >= 4 is 28.5 Å². The number of phenols is 1. The molecule has 0 radical (unpaired) electrons. The molecule has 104 valence electrons. The highest BCUT2D eigenvalue weighted by molar-refractivity contribution is 14.1. The summed E-state index contributed by atoms with van der Waals surface area (Å²) in [5.41, 5.74) is 6.30. The third-order valence-corrected chi connectivity index (χ3v) is 4.07. The van der Waals surface area contributed by atoms with E-state index < -0.39 is 0 Å². The predicted octanol–water partition coefficient (Wildman–Crippen LogP) is 1.18. The maximum absolute atomic E-state index is 12.3. The van der Waals surface area contributed by atoms with Crippen LogP contribution in [0, 0.1) is 3.57 Å². The van der Waals surface area contributed by atoms with E-state index in [1.54, 1.807) is 17.0 Å². The van der Waals surface area contributed by atoms with Gasteiger partial charge >= 0.3 is 0 Å². The molecule has 2 rings (SSSR count). The molecular weight excluding hydrogens is 359 g/mol. The molecule has 2 unspecified atom stereocenters. The first-order valence-electron chi connectivity index (χ1n) is 6.14. The van der Waals surface area contributed by atoms with Gasteiger partial charge in [0.2, 0.25) is 0 Å². The molecule has 1 aliphatic rings. The normalized spacial score (nSPS) is 21.2. The zero-order valence-corrected chi connectivity index (χ0v) is 12.8. The van der Waals surface area contributed by atoms with Crippen molar-refractivity contribution < 1.29 is 14.6 Å². The number of morpholine rings is 1. The van der Waals surface area contributed by atoms with E-state index in [1.807, 2.05) is 29.5 Å². The molecule has 1 fully saturated rings. The molecule has 0 aromatic heterocycles. The minimum absolute atomic E-state index is 0.0966. The van der Waals surface area contributed by atoms with Crippen LogP contribution in [0.4, 0.5) is 0 Å². The predicted molar refractivity (Wildman–Crippen MR) is 80.1 cm³/mol. The number of halogens is 1. The van der Waals surface area contributed by atoms with E-state index in [9.17, 15) is 9.90 Å². The SMILES string of the molecule is CC(N)C1CN(C(=O)c2ccc(I)c(O)c2)CCO1. The van der Waals surface area contributed by atoms with Gasteiger partial charge in [-0.15, -0.1) is 0 Å². The van der Waals surface area contributed by atoms with E-state index in [1.165, 1.54) is 6.07 Å². The summed E-state index contributed by atoms with van der Waals surface area (Å²) < 4.78 is 6.26. The molecule has 19 heavy (non-hydrogen) atoms. The lowest BCUT2D eigenvalue weighted by Gasteiger charge is -2.34. The van der Waals surface area contributed by atoms with E-state index in [0.29, 0.717) is 25.3 Å². The van der Waals surface area contributed by atoms with E-state index in [4.69, 9.17) is 10.5 Å². The number of carbonyl (C=O) groups excluding carboxylic acids is 1. The minimum Gasteiger partial charge on any atom is -0.507 e. The molecular formula is C13H17IN2O3. The second-order valence-corrected chi connectivity index (χ2v) is 5.85. The fraction of sp³-hybridized carbons (Fsp3) is 0.462. The number of carbonyl (C=O) groups is 1. The summed E-state index contributed by atoms with van der Waals surface area (Å²) in [5, 5.41) is 9.66. The van der Waals surface area contributed by atoms with Crippen LogP contribution in [0.15, 0.2) is 18.2 Å². The van der Waals surface area contributed by atoms with Crippen molar-refractivity contribution in [1.82, 2.24) is 4.90 Å². The lowest BCUT2D eigenvalue weighted by atomic mass is 10.1. The quantitative estimate of drug-likeness (QED) is 0.761. The Morgan fingerprint density at radius 1 is 1.63 bits per heavy atom. The molecule has 2 atom stereocenters. The summed E-state index contributed by atoms with van der Waals surface area (Å²) >= 11 is 2.02. The first-order valence-corrected chi connectivity index (χ1v) is 7.22. The molecule has 5 nitrogen and oxygen atoms in total. The van der Waals surface area contributed by atoms with Crippen molar-refractivity contribution in [3.63, 3.8) is 0 Å². The summed E-state index contributed by atoms with van der Waals surface area (Å²) in [7, 11) is 0.